The van der Waals surface area contributed by atoms with Gasteiger partial charge in [0, 0.05) is 48.3 Å². The number of carbonyl (C=O) groups is 1. The number of methoxy groups -OCH3 is 1. The molecule has 1 aliphatic rings. The second kappa shape index (κ2) is 11.1. The Morgan fingerprint density at radius 1 is 1.34 bits per heavy atom. The highest BCUT2D eigenvalue weighted by Crippen LogP contribution is 2.31. The molecule has 2 heterocycles. The molecule has 0 bridgehead atoms. The van der Waals surface area contributed by atoms with Crippen LogP contribution in [0.25, 0.3) is 10.9 Å². The minimum atomic E-state index is -0.804. The molecule has 2 aromatic carbocycles. The normalized spacial score (nSPS) is 16.2. The van der Waals surface area contributed by atoms with Gasteiger partial charge in [-0.1, -0.05) is 11.6 Å². The van der Waals surface area contributed by atoms with E-state index in [0.717, 1.165) is 6.42 Å². The summed E-state index contributed by atoms with van der Waals surface area (Å²) in [4.78, 5) is 23.2. The molecule has 0 radical (unpaired) electrons. The largest absolute Gasteiger partial charge is 0.496 e. The molecule has 1 aliphatic heterocycles. The summed E-state index contributed by atoms with van der Waals surface area (Å²) >= 11 is 5.88. The lowest BCUT2D eigenvalue weighted by molar-refractivity contribution is -0.116. The van der Waals surface area contributed by atoms with Crippen molar-refractivity contribution >= 4 is 39.8 Å². The van der Waals surface area contributed by atoms with E-state index < -0.39 is 17.4 Å². The van der Waals surface area contributed by atoms with Crippen molar-refractivity contribution in [3.8, 4) is 5.75 Å². The number of fused-ring (bicyclic) bond motifs is 1. The Labute approximate surface area is 206 Å². The monoisotopic (exact) mass is 502 g/mol. The highest BCUT2D eigenvalue weighted by Gasteiger charge is 2.21. The van der Waals surface area contributed by atoms with Gasteiger partial charge in [-0.3, -0.25) is 9.69 Å². The molecule has 1 fully saturated rings. The van der Waals surface area contributed by atoms with E-state index in [4.69, 9.17) is 21.1 Å². The van der Waals surface area contributed by atoms with Gasteiger partial charge in [-0.25, -0.2) is 18.7 Å². The fourth-order valence-electron chi connectivity index (χ4n) is 3.88. The van der Waals surface area contributed by atoms with Gasteiger partial charge in [-0.2, -0.15) is 0 Å². The molecule has 1 aromatic heterocycles. The minimum Gasteiger partial charge on any atom is -0.496 e. The van der Waals surface area contributed by atoms with Crippen molar-refractivity contribution in [1.82, 2.24) is 14.9 Å². The van der Waals surface area contributed by atoms with Gasteiger partial charge >= 0.3 is 0 Å². The Morgan fingerprint density at radius 3 is 2.89 bits per heavy atom. The van der Waals surface area contributed by atoms with Gasteiger partial charge in [0.2, 0.25) is 0 Å². The lowest BCUT2D eigenvalue weighted by atomic mass is 10.0. The number of hydrogen-bond acceptors (Lipinski definition) is 7. The van der Waals surface area contributed by atoms with E-state index in [-0.39, 0.29) is 17.5 Å². The quantitative estimate of drug-likeness (QED) is 0.419. The number of anilines is 2. The third-order valence-electron chi connectivity index (χ3n) is 5.92. The van der Waals surface area contributed by atoms with Crippen LogP contribution in [0.2, 0.25) is 5.02 Å². The number of rotatable bonds is 9. The van der Waals surface area contributed by atoms with Crippen molar-refractivity contribution in [2.24, 2.45) is 0 Å². The van der Waals surface area contributed by atoms with Gasteiger partial charge in [0.05, 0.1) is 24.3 Å². The average molecular weight is 503 g/mol. The van der Waals surface area contributed by atoms with Crippen LogP contribution in [0.1, 0.15) is 12.0 Å². The van der Waals surface area contributed by atoms with Crippen LogP contribution >= 0.6 is 11.6 Å². The number of Topliss-reactive ketones (excluding diaryl/α,β-unsaturated/α-hetero) is 1. The molecule has 7 nitrogen and oxygen atoms in total. The maximum absolute atomic E-state index is 14.6. The lowest BCUT2D eigenvalue weighted by Crippen LogP contribution is -2.32. The summed E-state index contributed by atoms with van der Waals surface area (Å²) in [6.07, 6.45) is 3.35. The summed E-state index contributed by atoms with van der Waals surface area (Å²) in [6, 6.07) is 7.78. The molecular weight excluding hydrogens is 478 g/mol. The molecule has 4 rings (SSSR count). The van der Waals surface area contributed by atoms with E-state index >= 15 is 0 Å². The Morgan fingerprint density at radius 2 is 2.17 bits per heavy atom. The minimum absolute atomic E-state index is 0.0327. The van der Waals surface area contributed by atoms with Gasteiger partial charge in [-0.05, 0) is 43.8 Å². The fourth-order valence-corrected chi connectivity index (χ4v) is 4.06. The first-order valence-corrected chi connectivity index (χ1v) is 11.4. The van der Waals surface area contributed by atoms with E-state index in [1.807, 2.05) is 11.9 Å². The van der Waals surface area contributed by atoms with Gasteiger partial charge in [0.1, 0.15) is 23.7 Å². The third kappa shape index (κ3) is 5.93. The number of ether oxygens (including phenoxy) is 2. The van der Waals surface area contributed by atoms with Crippen molar-refractivity contribution in [2.75, 3.05) is 39.2 Å². The van der Waals surface area contributed by atoms with Crippen LogP contribution in [0.3, 0.4) is 0 Å². The van der Waals surface area contributed by atoms with Gasteiger partial charge in [0.25, 0.3) is 0 Å². The third-order valence-corrected chi connectivity index (χ3v) is 6.21. The molecule has 1 unspecified atom stereocenters. The van der Waals surface area contributed by atoms with Crippen molar-refractivity contribution < 1.29 is 23.0 Å². The van der Waals surface area contributed by atoms with Gasteiger partial charge < -0.3 is 14.8 Å². The number of hydrogen-bond donors (Lipinski definition) is 1. The van der Waals surface area contributed by atoms with E-state index in [1.54, 1.807) is 12.1 Å². The van der Waals surface area contributed by atoms with Crippen LogP contribution in [0.5, 0.6) is 5.75 Å². The molecule has 10 heteroatoms. The summed E-state index contributed by atoms with van der Waals surface area (Å²) in [5.41, 5.74) is 1.57. The number of benzene rings is 2. The summed E-state index contributed by atoms with van der Waals surface area (Å²) in [6.45, 7) is 1.61. The smallest absolute Gasteiger partial charge is 0.195 e. The topological polar surface area (TPSA) is 76.6 Å². The molecule has 1 atom stereocenters. The number of likely N-dealkylation sites (N-methyl/N-ethyl adjacent to an activating group) is 1. The van der Waals surface area contributed by atoms with Crippen LogP contribution in [0.15, 0.2) is 48.6 Å². The molecule has 0 saturated carbocycles. The summed E-state index contributed by atoms with van der Waals surface area (Å²) in [5, 5.41) is 3.64. The predicted octanol–water partition coefficient (Wildman–Crippen LogP) is 4.86. The maximum atomic E-state index is 14.6. The molecule has 1 N–H and O–H groups in total. The lowest BCUT2D eigenvalue weighted by Gasteiger charge is -2.20. The molecule has 0 amide bonds. The van der Waals surface area contributed by atoms with Crippen molar-refractivity contribution in [3.05, 3.63) is 65.0 Å². The summed E-state index contributed by atoms with van der Waals surface area (Å²) in [7, 11) is 3.35. The molecule has 0 aliphatic carbocycles. The van der Waals surface area contributed by atoms with Crippen LogP contribution in [0, 0.1) is 5.82 Å². The number of nitrogens with one attached hydrogen (secondary N) is 1. The first-order valence-electron chi connectivity index (χ1n) is 11.1. The Balaban J connectivity index is 1.56. The zero-order chi connectivity index (χ0) is 24.9. The first-order chi connectivity index (χ1) is 16.9. The second-order valence-electron chi connectivity index (χ2n) is 8.27. The molecule has 1 saturated heterocycles. The molecule has 3 aromatic rings. The van der Waals surface area contributed by atoms with Gasteiger partial charge in [0.15, 0.2) is 11.6 Å². The highest BCUT2D eigenvalue weighted by atomic mass is 35.5. The van der Waals surface area contributed by atoms with E-state index in [0.29, 0.717) is 53.5 Å². The highest BCUT2D eigenvalue weighted by molar-refractivity contribution is 6.31. The predicted molar refractivity (Wildman–Crippen MR) is 131 cm³/mol. The van der Waals surface area contributed by atoms with E-state index in [9.17, 15) is 13.6 Å². The molecular formula is C25H25ClF2N4O3. The number of aromatic nitrogens is 2. The zero-order valence-corrected chi connectivity index (χ0v) is 20.1. The van der Waals surface area contributed by atoms with Crippen molar-refractivity contribution in [1.29, 1.82) is 0 Å². The Bertz CT molecular complexity index is 1260. The van der Waals surface area contributed by atoms with Crippen molar-refractivity contribution in [2.45, 2.75) is 18.9 Å². The van der Waals surface area contributed by atoms with Crippen LogP contribution in [0.4, 0.5) is 20.3 Å². The Kier molecular flexibility index (Phi) is 7.90. The number of allylic oxidation sites excluding steroid dienone is 1. The number of carbonyl (C=O) groups excluding carboxylic acids is 1. The van der Waals surface area contributed by atoms with E-state index in [1.165, 1.54) is 37.7 Å². The maximum Gasteiger partial charge on any atom is 0.195 e. The Hall–Kier alpha value is -3.14. The molecule has 184 valence electrons. The standard InChI is InChI=1S/C25H25ClF2N4O3/c1-32(17-6-8-35-13-17)7-5-21(28)23(33)10-15-9-18-22(12-24(15)34-2)29-14-30-25(18)31-16-3-4-20(27)19(26)11-16/h3-5,9,11-12,14,17H,6-8,10,13H2,1-2H3,(H,29,30,31). The first kappa shape index (κ1) is 25.0. The number of nitrogens with zero attached hydrogens (tertiary/aromatic N) is 3. The fraction of sp³-hybridized carbons (Fsp3) is 0.320. The molecule has 0 spiro atoms. The zero-order valence-electron chi connectivity index (χ0n) is 19.4. The second-order valence-corrected chi connectivity index (χ2v) is 8.67. The summed E-state index contributed by atoms with van der Waals surface area (Å²) < 4.78 is 39.0. The SMILES string of the molecule is COc1cc2ncnc(Nc3ccc(F)c(Cl)c3)c2cc1CC(=O)C(F)=CCN(C)C1CCOC1. The average Bonchev–Trinajstić information content (AvgIpc) is 3.40. The van der Waals surface area contributed by atoms with E-state index in [2.05, 4.69) is 15.3 Å². The van der Waals surface area contributed by atoms with Gasteiger partial charge in [-0.15, -0.1) is 0 Å². The number of halogens is 3. The summed E-state index contributed by atoms with van der Waals surface area (Å²) in [5.74, 6) is -1.16. The van der Waals surface area contributed by atoms with Crippen LogP contribution in [-0.4, -0.2) is 60.6 Å². The van der Waals surface area contributed by atoms with Crippen LogP contribution < -0.4 is 10.1 Å². The van der Waals surface area contributed by atoms with Crippen molar-refractivity contribution in [3.63, 3.8) is 0 Å². The van der Waals surface area contributed by atoms with Crippen LogP contribution in [-0.2, 0) is 16.0 Å². The molecule has 35 heavy (non-hydrogen) atoms. The number of ketones is 1.